The van der Waals surface area contributed by atoms with Gasteiger partial charge < -0.3 is 10.0 Å². The van der Waals surface area contributed by atoms with Crippen molar-refractivity contribution in [1.29, 1.82) is 0 Å². The van der Waals surface area contributed by atoms with Crippen molar-refractivity contribution < 1.29 is 14.7 Å². The lowest BCUT2D eigenvalue weighted by Crippen LogP contribution is -2.54. The standard InChI is InChI=1S/C14H18N2O3S/c1-13(2,3)11-15-9(7-20-11)10(17)16-6-8-4-14(16,5-8)12(18)19/h7-8H,4-6H2,1-3H3,(H,18,19). The second-order valence-corrected chi connectivity index (χ2v) is 7.67. The molecule has 3 fully saturated rings. The first-order valence-corrected chi connectivity index (χ1v) is 7.63. The molecule has 6 heteroatoms. The van der Waals surface area contributed by atoms with Gasteiger partial charge in [-0.2, -0.15) is 0 Å². The average Bonchev–Trinajstić information content (AvgIpc) is 2.98. The molecular formula is C14H18N2O3S. The van der Waals surface area contributed by atoms with Crippen LogP contribution in [0, 0.1) is 5.92 Å². The largest absolute Gasteiger partial charge is 0.479 e. The molecular weight excluding hydrogens is 276 g/mol. The van der Waals surface area contributed by atoms with Crippen molar-refractivity contribution in [1.82, 2.24) is 9.88 Å². The molecule has 1 aromatic rings. The number of carbonyl (C=O) groups excluding carboxylic acids is 1. The van der Waals surface area contributed by atoms with Crippen molar-refractivity contribution in [3.05, 3.63) is 16.1 Å². The number of thiazole rings is 1. The van der Waals surface area contributed by atoms with E-state index in [1.165, 1.54) is 16.2 Å². The van der Waals surface area contributed by atoms with E-state index >= 15 is 0 Å². The summed E-state index contributed by atoms with van der Waals surface area (Å²) in [7, 11) is 0. The Labute approximate surface area is 121 Å². The minimum absolute atomic E-state index is 0.0964. The molecule has 0 spiro atoms. The highest BCUT2D eigenvalue weighted by molar-refractivity contribution is 7.10. The summed E-state index contributed by atoms with van der Waals surface area (Å²) in [5.74, 6) is -0.777. The lowest BCUT2D eigenvalue weighted by Gasteiger charge is -2.37. The van der Waals surface area contributed by atoms with E-state index in [1.54, 1.807) is 5.38 Å². The SMILES string of the molecule is CC(C)(C)c1nc(C(=O)N2CC3CC2(C(=O)O)C3)cs1. The summed E-state index contributed by atoms with van der Waals surface area (Å²) in [4.78, 5) is 29.9. The molecule has 2 saturated heterocycles. The normalized spacial score (nSPS) is 28.4. The van der Waals surface area contributed by atoms with Crippen molar-refractivity contribution in [2.45, 2.75) is 44.6 Å². The highest BCUT2D eigenvalue weighted by atomic mass is 32.1. The molecule has 108 valence electrons. The van der Waals surface area contributed by atoms with Crippen LogP contribution in [0.4, 0.5) is 0 Å². The third-order valence-electron chi connectivity index (χ3n) is 4.22. The monoisotopic (exact) mass is 294 g/mol. The van der Waals surface area contributed by atoms with Gasteiger partial charge >= 0.3 is 5.97 Å². The molecule has 1 aliphatic carbocycles. The van der Waals surface area contributed by atoms with E-state index in [-0.39, 0.29) is 11.3 Å². The molecule has 0 atom stereocenters. The second kappa shape index (κ2) is 4.04. The van der Waals surface area contributed by atoms with Crippen LogP contribution in [0.2, 0.25) is 0 Å². The zero-order chi connectivity index (χ0) is 14.7. The van der Waals surface area contributed by atoms with Gasteiger partial charge in [-0.15, -0.1) is 11.3 Å². The maximum absolute atomic E-state index is 12.5. The van der Waals surface area contributed by atoms with Crippen molar-refractivity contribution >= 4 is 23.2 Å². The molecule has 1 aromatic heterocycles. The zero-order valence-electron chi connectivity index (χ0n) is 11.8. The highest BCUT2D eigenvalue weighted by Crippen LogP contribution is 2.51. The van der Waals surface area contributed by atoms with Crippen LogP contribution in [0.25, 0.3) is 0 Å². The van der Waals surface area contributed by atoms with E-state index in [4.69, 9.17) is 0 Å². The fourth-order valence-corrected chi connectivity index (χ4v) is 3.98. The number of nitrogens with zero attached hydrogens (tertiary/aromatic N) is 2. The number of carboxylic acid groups (broad SMARTS) is 1. The van der Waals surface area contributed by atoms with Crippen LogP contribution in [0.1, 0.15) is 49.1 Å². The first kappa shape index (κ1) is 13.5. The van der Waals surface area contributed by atoms with Crippen LogP contribution in [-0.4, -0.2) is 39.0 Å². The minimum atomic E-state index is -0.965. The maximum Gasteiger partial charge on any atom is 0.329 e. The smallest absolute Gasteiger partial charge is 0.329 e. The van der Waals surface area contributed by atoms with Gasteiger partial charge in [0.1, 0.15) is 11.2 Å². The Balaban J connectivity index is 1.87. The van der Waals surface area contributed by atoms with E-state index in [0.717, 1.165) is 5.01 Å². The van der Waals surface area contributed by atoms with Crippen LogP contribution in [0.5, 0.6) is 0 Å². The van der Waals surface area contributed by atoms with Gasteiger partial charge in [-0.1, -0.05) is 20.8 Å². The van der Waals surface area contributed by atoms with E-state index < -0.39 is 11.5 Å². The number of hydrogen-bond donors (Lipinski definition) is 1. The first-order valence-electron chi connectivity index (χ1n) is 6.75. The number of fused-ring (bicyclic) bond motifs is 1. The summed E-state index contributed by atoms with van der Waals surface area (Å²) in [6, 6.07) is 0. The molecule has 3 aliphatic rings. The Morgan fingerprint density at radius 2 is 2.10 bits per heavy atom. The van der Waals surface area contributed by atoms with Gasteiger partial charge in [-0.05, 0) is 18.8 Å². The Bertz CT molecular complexity index is 581. The fraction of sp³-hybridized carbons (Fsp3) is 0.643. The van der Waals surface area contributed by atoms with Gasteiger partial charge in [0.25, 0.3) is 5.91 Å². The van der Waals surface area contributed by atoms with Gasteiger partial charge in [-0.25, -0.2) is 9.78 Å². The van der Waals surface area contributed by atoms with Crippen molar-refractivity contribution in [2.75, 3.05) is 6.54 Å². The molecule has 2 bridgehead atoms. The van der Waals surface area contributed by atoms with E-state index in [9.17, 15) is 14.7 Å². The average molecular weight is 294 g/mol. The topological polar surface area (TPSA) is 70.5 Å². The first-order chi connectivity index (χ1) is 9.24. The van der Waals surface area contributed by atoms with Crippen LogP contribution in [0.3, 0.4) is 0 Å². The summed E-state index contributed by atoms with van der Waals surface area (Å²) >= 11 is 1.46. The van der Waals surface area contributed by atoms with Gasteiger partial charge in [0, 0.05) is 17.3 Å². The molecule has 5 nitrogen and oxygen atoms in total. The maximum atomic E-state index is 12.5. The number of carbonyl (C=O) groups is 2. The molecule has 1 amide bonds. The Morgan fingerprint density at radius 3 is 2.60 bits per heavy atom. The Morgan fingerprint density at radius 1 is 1.45 bits per heavy atom. The molecule has 0 radical (unpaired) electrons. The number of carboxylic acids is 1. The van der Waals surface area contributed by atoms with Gasteiger partial charge in [0.15, 0.2) is 0 Å². The lowest BCUT2D eigenvalue weighted by molar-refractivity contribution is -0.151. The Kier molecular flexibility index (Phi) is 2.73. The van der Waals surface area contributed by atoms with Gasteiger partial charge in [0.2, 0.25) is 0 Å². The summed E-state index contributed by atoms with van der Waals surface area (Å²) in [5.41, 5.74) is -0.679. The molecule has 1 N–H and O–H groups in total. The molecule has 0 unspecified atom stereocenters. The summed E-state index contributed by atoms with van der Waals surface area (Å²) in [5, 5.41) is 12.0. The molecule has 0 aromatic carbocycles. The molecule has 4 rings (SSSR count). The van der Waals surface area contributed by atoms with E-state index in [2.05, 4.69) is 4.98 Å². The van der Waals surface area contributed by atoms with Crippen molar-refractivity contribution in [3.8, 4) is 0 Å². The summed E-state index contributed by atoms with van der Waals surface area (Å²) in [6.07, 6.45) is 1.18. The van der Waals surface area contributed by atoms with Gasteiger partial charge in [0.05, 0.1) is 5.01 Å². The highest BCUT2D eigenvalue weighted by Gasteiger charge is 2.63. The summed E-state index contributed by atoms with van der Waals surface area (Å²) in [6.45, 7) is 6.69. The van der Waals surface area contributed by atoms with Crippen LogP contribution in [-0.2, 0) is 10.2 Å². The van der Waals surface area contributed by atoms with E-state index in [0.29, 0.717) is 31.0 Å². The molecule has 2 aliphatic heterocycles. The van der Waals surface area contributed by atoms with Crippen LogP contribution >= 0.6 is 11.3 Å². The van der Waals surface area contributed by atoms with Crippen molar-refractivity contribution in [3.63, 3.8) is 0 Å². The molecule has 3 heterocycles. The van der Waals surface area contributed by atoms with Crippen molar-refractivity contribution in [2.24, 2.45) is 5.92 Å². The van der Waals surface area contributed by atoms with Gasteiger partial charge in [-0.3, -0.25) is 4.79 Å². The quantitative estimate of drug-likeness (QED) is 0.907. The number of hydrogen-bond acceptors (Lipinski definition) is 4. The number of rotatable bonds is 2. The minimum Gasteiger partial charge on any atom is -0.479 e. The number of amides is 1. The van der Waals surface area contributed by atoms with Crippen LogP contribution < -0.4 is 0 Å². The third-order valence-corrected chi connectivity index (χ3v) is 5.49. The lowest BCUT2D eigenvalue weighted by atomic mass is 9.73. The number of aromatic nitrogens is 1. The zero-order valence-corrected chi connectivity index (χ0v) is 12.7. The third kappa shape index (κ3) is 1.78. The molecule has 20 heavy (non-hydrogen) atoms. The molecule has 1 saturated carbocycles. The fourth-order valence-electron chi connectivity index (χ4n) is 3.10. The van der Waals surface area contributed by atoms with E-state index in [1.807, 2.05) is 20.8 Å². The Hall–Kier alpha value is -1.43. The summed E-state index contributed by atoms with van der Waals surface area (Å²) < 4.78 is 0. The number of aliphatic carboxylic acids is 1. The second-order valence-electron chi connectivity index (χ2n) is 6.81. The predicted octanol–water partition coefficient (Wildman–Crippen LogP) is 2.13. The predicted molar refractivity (Wildman–Crippen MR) is 74.9 cm³/mol. The van der Waals surface area contributed by atoms with Crippen LogP contribution in [0.15, 0.2) is 5.38 Å².